The molecule has 0 atom stereocenters. The smallest absolute Gasteiger partial charge is 0.333 e. The minimum absolute atomic E-state index is 0.0603. The molecule has 0 saturated carbocycles. The third-order valence-electron chi connectivity index (χ3n) is 20.4. The number of hydrogen-bond acceptors (Lipinski definition) is 2. The number of hydrogen-bond donors (Lipinski definition) is 0. The van der Waals surface area contributed by atoms with Gasteiger partial charge in [-0.25, -0.2) is 0 Å². The molecule has 3 aliphatic heterocycles. The van der Waals surface area contributed by atoms with Crippen LogP contribution in [0.15, 0.2) is 200 Å². The number of aryl methyl sites for hydroxylation is 1. The number of rotatable bonds is 3. The number of fused-ring (bicyclic) bond motifs is 17. The van der Waals surface area contributed by atoms with Gasteiger partial charge in [0.25, 0.3) is 0 Å². The summed E-state index contributed by atoms with van der Waals surface area (Å²) in [5, 5.41) is 0. The fourth-order valence-corrected chi connectivity index (χ4v) is 16.2. The molecule has 16 rings (SSSR count). The highest BCUT2D eigenvalue weighted by Crippen LogP contribution is 2.66. The van der Waals surface area contributed by atoms with Crippen molar-refractivity contribution >= 4 is 46.2 Å². The third-order valence-corrected chi connectivity index (χ3v) is 20.4. The quantitative estimate of drug-likeness (QED) is 0.163. The van der Waals surface area contributed by atoms with Gasteiger partial charge in [0, 0.05) is 39.3 Å². The maximum absolute atomic E-state index is 2.82. The van der Waals surface area contributed by atoms with E-state index in [1.54, 1.807) is 0 Å². The first kappa shape index (κ1) is 47.8. The molecule has 0 aromatic heterocycles. The van der Waals surface area contributed by atoms with Crippen LogP contribution in [0.25, 0.3) is 55.6 Å². The molecule has 10 aromatic carbocycles. The summed E-state index contributed by atoms with van der Waals surface area (Å²) in [4.78, 5) is 5.53. The molecule has 0 fully saturated rings. The van der Waals surface area contributed by atoms with Gasteiger partial charge in [0.2, 0.25) is 0 Å². The minimum atomic E-state index is -0.537. The topological polar surface area (TPSA) is 6.48 Å². The van der Waals surface area contributed by atoms with Gasteiger partial charge in [-0.2, -0.15) is 0 Å². The van der Waals surface area contributed by atoms with Crippen LogP contribution >= 0.6 is 0 Å². The summed E-state index contributed by atoms with van der Waals surface area (Å²) in [6, 6.07) is 78.6. The van der Waals surface area contributed by atoms with Gasteiger partial charge in [-0.05, 0) is 190 Å². The van der Waals surface area contributed by atoms with E-state index in [9.17, 15) is 0 Å². The Kier molecular flexibility index (Phi) is 9.59. The average Bonchev–Trinajstić information content (AvgIpc) is 1.81. The molecule has 388 valence electrons. The van der Waals surface area contributed by atoms with Gasteiger partial charge in [0.1, 0.15) is 0 Å². The van der Waals surface area contributed by atoms with Crippen LogP contribution in [0.4, 0.5) is 28.4 Å². The third kappa shape index (κ3) is 6.16. The number of benzene rings is 10. The summed E-state index contributed by atoms with van der Waals surface area (Å²) in [7, 11) is 0. The van der Waals surface area contributed by atoms with E-state index >= 15 is 0 Å². The standard InChI is InChI=1S/C77H67BN2/c1-46-23-14-15-26-50(46)48-39-57-53-29-22-33-61-72(53)80(68-34-21-20-32-60(68)77(61)58-30-18-16-27-51(58)52-28-17-19-31-59(52)77)78-66-45-63-56(55-42-64-65(44-62(55)76(63,9)10)75(7,8)38-37-74(64,5)6)43-69(66)79(70(40-48)71(57)78)67-36-35-49(73(2,3)4)41-54(67)47-24-12-11-13-25-47/h11-36,39-45H,37-38H2,1-10H3. The van der Waals surface area contributed by atoms with Gasteiger partial charge >= 0.3 is 6.85 Å². The zero-order valence-corrected chi connectivity index (χ0v) is 47.9. The predicted molar refractivity (Wildman–Crippen MR) is 338 cm³/mol. The van der Waals surface area contributed by atoms with Crippen LogP contribution in [0, 0.1) is 6.92 Å². The highest BCUT2D eigenvalue weighted by atomic mass is 15.2. The van der Waals surface area contributed by atoms with E-state index in [1.165, 1.54) is 163 Å². The van der Waals surface area contributed by atoms with Crippen molar-refractivity contribution < 1.29 is 0 Å². The van der Waals surface area contributed by atoms with Crippen LogP contribution in [0.1, 0.15) is 131 Å². The average molecular weight is 1030 g/mol. The van der Waals surface area contributed by atoms with Gasteiger partial charge in [-0.1, -0.05) is 220 Å². The molecule has 3 heterocycles. The molecule has 0 unspecified atom stereocenters. The van der Waals surface area contributed by atoms with Crippen LogP contribution in [0.2, 0.25) is 0 Å². The first-order valence-electron chi connectivity index (χ1n) is 29.3. The van der Waals surface area contributed by atoms with E-state index in [0.29, 0.717) is 0 Å². The van der Waals surface area contributed by atoms with Crippen molar-refractivity contribution in [2.24, 2.45) is 0 Å². The molecule has 10 aromatic rings. The molecule has 1 spiro atoms. The van der Waals surface area contributed by atoms with Crippen molar-refractivity contribution in [3.63, 3.8) is 0 Å². The summed E-state index contributed by atoms with van der Waals surface area (Å²) >= 11 is 0. The lowest BCUT2D eigenvalue weighted by Crippen LogP contribution is -2.63. The second-order valence-corrected chi connectivity index (χ2v) is 27.1. The fourth-order valence-electron chi connectivity index (χ4n) is 16.2. The molecular formula is C77H67BN2. The lowest BCUT2D eigenvalue weighted by atomic mass is 9.41. The van der Waals surface area contributed by atoms with E-state index in [1.807, 2.05) is 0 Å². The molecule has 3 heteroatoms. The molecule has 80 heavy (non-hydrogen) atoms. The zero-order valence-electron chi connectivity index (χ0n) is 47.9. The Hall–Kier alpha value is -8.14. The van der Waals surface area contributed by atoms with Crippen LogP contribution < -0.4 is 20.6 Å². The van der Waals surface area contributed by atoms with Gasteiger partial charge < -0.3 is 9.71 Å². The molecule has 3 aliphatic carbocycles. The van der Waals surface area contributed by atoms with Crippen molar-refractivity contribution in [2.45, 2.75) is 109 Å². The summed E-state index contributed by atoms with van der Waals surface area (Å²) < 4.78 is 0. The molecule has 0 amide bonds. The zero-order chi connectivity index (χ0) is 54.6. The maximum atomic E-state index is 2.82. The first-order chi connectivity index (χ1) is 38.5. The number of nitrogens with zero attached hydrogens (tertiary/aromatic N) is 2. The van der Waals surface area contributed by atoms with Crippen LogP contribution in [-0.2, 0) is 27.1 Å². The largest absolute Gasteiger partial charge is 0.376 e. The van der Waals surface area contributed by atoms with E-state index < -0.39 is 5.41 Å². The van der Waals surface area contributed by atoms with Gasteiger partial charge in [0.05, 0.1) is 11.1 Å². The molecule has 0 radical (unpaired) electrons. The van der Waals surface area contributed by atoms with E-state index in [4.69, 9.17) is 0 Å². The Labute approximate surface area is 473 Å². The Balaban J connectivity index is 1.07. The summed E-state index contributed by atoms with van der Waals surface area (Å²) in [5.41, 5.74) is 35.0. The van der Waals surface area contributed by atoms with Crippen molar-refractivity contribution in [2.75, 3.05) is 9.71 Å². The monoisotopic (exact) mass is 1030 g/mol. The van der Waals surface area contributed by atoms with Crippen molar-refractivity contribution in [1.29, 1.82) is 0 Å². The Morgan fingerprint density at radius 1 is 0.388 bits per heavy atom. The highest BCUT2D eigenvalue weighted by molar-refractivity contribution is 6.94. The fraction of sp³-hybridized carbons (Fsp3) is 0.221. The predicted octanol–water partition coefficient (Wildman–Crippen LogP) is 18.7. The SMILES string of the molecule is Cc1ccccc1-c1cc2c3c(c1)N(c1ccc(C(C)(C)C)cc1-c1ccccc1)c1cc4c(cc1B3N1c3ccccc3C3(c5ccccc5-c5ccccc53)c3cccc-2c31)C(C)(C)c1cc2c(cc1-4)C(C)(C)CCC2(C)C. The second kappa shape index (κ2) is 16.0. The molecule has 6 aliphatic rings. The normalized spacial score (nSPS) is 17.1. The molecule has 2 nitrogen and oxygen atoms in total. The molecule has 0 saturated heterocycles. The van der Waals surface area contributed by atoms with Crippen molar-refractivity contribution in [1.82, 2.24) is 0 Å². The Morgan fingerprint density at radius 2 is 0.975 bits per heavy atom. The maximum Gasteiger partial charge on any atom is 0.333 e. The van der Waals surface area contributed by atoms with Gasteiger partial charge in [-0.3, -0.25) is 0 Å². The molecular weight excluding hydrogens is 964 g/mol. The van der Waals surface area contributed by atoms with Gasteiger partial charge in [0.15, 0.2) is 0 Å². The second-order valence-electron chi connectivity index (χ2n) is 27.1. The first-order valence-corrected chi connectivity index (χ1v) is 29.3. The van der Waals surface area contributed by atoms with Crippen molar-refractivity contribution in [3.8, 4) is 55.6 Å². The van der Waals surface area contributed by atoms with Crippen LogP contribution in [-0.4, -0.2) is 6.85 Å². The van der Waals surface area contributed by atoms with Crippen LogP contribution in [0.5, 0.6) is 0 Å². The molecule has 0 bridgehead atoms. The number of para-hydroxylation sites is 2. The minimum Gasteiger partial charge on any atom is -0.376 e. The van der Waals surface area contributed by atoms with E-state index in [0.717, 1.165) is 0 Å². The summed E-state index contributed by atoms with van der Waals surface area (Å²) in [6.07, 6.45) is 2.36. The summed E-state index contributed by atoms with van der Waals surface area (Å²) in [5.74, 6) is 0. The Bertz CT molecular complexity index is 4310. The lowest BCUT2D eigenvalue weighted by molar-refractivity contribution is 0.331. The van der Waals surface area contributed by atoms with E-state index in [-0.39, 0.29) is 28.5 Å². The highest BCUT2D eigenvalue weighted by Gasteiger charge is 2.57. The van der Waals surface area contributed by atoms with Crippen LogP contribution in [0.3, 0.4) is 0 Å². The van der Waals surface area contributed by atoms with Crippen molar-refractivity contribution in [3.05, 3.63) is 256 Å². The van der Waals surface area contributed by atoms with Gasteiger partial charge in [-0.15, -0.1) is 0 Å². The van der Waals surface area contributed by atoms with E-state index in [2.05, 4.69) is 279 Å². The lowest BCUT2D eigenvalue weighted by Gasteiger charge is -2.52. The summed E-state index contributed by atoms with van der Waals surface area (Å²) in [6.45, 7) is 24.1. The molecule has 0 N–H and O–H groups in total. The Morgan fingerprint density at radius 3 is 1.68 bits per heavy atom. The number of anilines is 5.